The van der Waals surface area contributed by atoms with E-state index in [1.807, 2.05) is 18.2 Å². The molecule has 22 heavy (non-hydrogen) atoms. The molecule has 0 radical (unpaired) electrons. The molecule has 3 aromatic rings. The fourth-order valence-corrected chi connectivity index (χ4v) is 2.66. The Morgan fingerprint density at radius 2 is 2.18 bits per heavy atom. The number of ether oxygens (including phenoxy) is 1. The fraction of sp³-hybridized carbons (Fsp3) is 0.375. The molecule has 0 saturated heterocycles. The molecule has 0 unspecified atom stereocenters. The summed E-state index contributed by atoms with van der Waals surface area (Å²) in [6.45, 7) is 1.71. The van der Waals surface area contributed by atoms with Gasteiger partial charge in [0.25, 0.3) is 5.56 Å². The van der Waals surface area contributed by atoms with Gasteiger partial charge in [0.2, 0.25) is 0 Å². The Balaban J connectivity index is 2.04. The second kappa shape index (κ2) is 5.81. The number of H-pyrrole nitrogens is 1. The minimum Gasteiger partial charge on any atom is -0.497 e. The molecule has 0 aliphatic rings. The van der Waals surface area contributed by atoms with E-state index in [0.717, 1.165) is 29.6 Å². The van der Waals surface area contributed by atoms with Crippen molar-refractivity contribution in [2.24, 2.45) is 0 Å². The van der Waals surface area contributed by atoms with Crippen LogP contribution in [0, 0.1) is 0 Å². The van der Waals surface area contributed by atoms with Crippen molar-refractivity contribution in [1.29, 1.82) is 0 Å². The molecule has 2 heterocycles. The summed E-state index contributed by atoms with van der Waals surface area (Å²) in [6.07, 6.45) is 2.59. The number of methoxy groups -OCH3 is 1. The monoisotopic (exact) mass is 301 g/mol. The predicted molar refractivity (Wildman–Crippen MR) is 86.7 cm³/mol. The first-order valence-corrected chi connectivity index (χ1v) is 7.44. The molecule has 116 valence electrons. The summed E-state index contributed by atoms with van der Waals surface area (Å²) < 4.78 is 6.92. The summed E-state index contributed by atoms with van der Waals surface area (Å²) in [7, 11) is 5.84. The molecule has 6 nitrogen and oxygen atoms in total. The van der Waals surface area contributed by atoms with Gasteiger partial charge in [0.15, 0.2) is 0 Å². The molecule has 0 saturated carbocycles. The molecule has 0 bridgehead atoms. The van der Waals surface area contributed by atoms with Crippen LogP contribution in [-0.2, 0) is 6.54 Å². The van der Waals surface area contributed by atoms with Crippen LogP contribution < -0.4 is 15.2 Å². The smallest absolute Gasteiger partial charge is 0.277 e. The van der Waals surface area contributed by atoms with Crippen molar-refractivity contribution >= 4 is 21.9 Å². The number of quaternary nitrogens is 1. The van der Waals surface area contributed by atoms with E-state index in [0.29, 0.717) is 17.6 Å². The number of aryl methyl sites for hydroxylation is 1. The summed E-state index contributed by atoms with van der Waals surface area (Å²) in [5.74, 6) is 0.758. The van der Waals surface area contributed by atoms with E-state index in [1.165, 1.54) is 4.90 Å². The lowest BCUT2D eigenvalue weighted by Gasteiger charge is -2.08. The Labute approximate surface area is 128 Å². The molecule has 2 N–H and O–H groups in total. The van der Waals surface area contributed by atoms with Gasteiger partial charge in [0.05, 0.1) is 34.1 Å². The number of hydrogen-bond donors (Lipinski definition) is 2. The van der Waals surface area contributed by atoms with E-state index in [1.54, 1.807) is 18.0 Å². The molecule has 2 aromatic heterocycles. The topological polar surface area (TPSA) is 64.3 Å². The van der Waals surface area contributed by atoms with Crippen LogP contribution in [0.5, 0.6) is 5.75 Å². The second-order valence-corrected chi connectivity index (χ2v) is 5.81. The van der Waals surface area contributed by atoms with Crippen molar-refractivity contribution in [1.82, 2.24) is 14.5 Å². The maximum atomic E-state index is 12.6. The van der Waals surface area contributed by atoms with Crippen LogP contribution in [0.15, 0.2) is 29.3 Å². The van der Waals surface area contributed by atoms with E-state index in [9.17, 15) is 4.79 Å². The van der Waals surface area contributed by atoms with Crippen molar-refractivity contribution < 1.29 is 9.64 Å². The number of nitrogens with one attached hydrogen (secondary N) is 2. The summed E-state index contributed by atoms with van der Waals surface area (Å²) in [5, 5.41) is 0.913. The lowest BCUT2D eigenvalue weighted by molar-refractivity contribution is -0.858. The van der Waals surface area contributed by atoms with E-state index >= 15 is 0 Å². The SMILES string of the molecule is COc1ccc2[nH]c3c(=O)n(CCC[NH+](C)C)cnc3c2c1. The van der Waals surface area contributed by atoms with Crippen LogP contribution in [-0.4, -0.2) is 42.3 Å². The van der Waals surface area contributed by atoms with Crippen LogP contribution in [0.25, 0.3) is 21.9 Å². The molecule has 0 amide bonds. The van der Waals surface area contributed by atoms with Gasteiger partial charge in [0.1, 0.15) is 16.8 Å². The number of nitrogens with zero attached hydrogens (tertiary/aromatic N) is 2. The lowest BCUT2D eigenvalue weighted by Crippen LogP contribution is -3.05. The van der Waals surface area contributed by atoms with Crippen molar-refractivity contribution in [3.8, 4) is 5.75 Å². The normalized spacial score (nSPS) is 11.6. The number of fused-ring (bicyclic) bond motifs is 3. The molecular formula is C16H21N4O2+. The highest BCUT2D eigenvalue weighted by Crippen LogP contribution is 2.25. The summed E-state index contributed by atoms with van der Waals surface area (Å²) in [4.78, 5) is 21.6. The average molecular weight is 301 g/mol. The highest BCUT2D eigenvalue weighted by atomic mass is 16.5. The van der Waals surface area contributed by atoms with Gasteiger partial charge in [-0.25, -0.2) is 4.98 Å². The lowest BCUT2D eigenvalue weighted by atomic mass is 10.2. The fourth-order valence-electron chi connectivity index (χ4n) is 2.66. The van der Waals surface area contributed by atoms with Gasteiger partial charge in [-0.3, -0.25) is 9.36 Å². The third-order valence-electron chi connectivity index (χ3n) is 3.86. The average Bonchev–Trinajstić information content (AvgIpc) is 2.88. The van der Waals surface area contributed by atoms with Crippen LogP contribution in [0.3, 0.4) is 0 Å². The number of aromatic amines is 1. The van der Waals surface area contributed by atoms with Gasteiger partial charge in [-0.05, 0) is 18.2 Å². The summed E-state index contributed by atoms with van der Waals surface area (Å²) in [6, 6.07) is 5.69. The third-order valence-corrected chi connectivity index (χ3v) is 3.86. The zero-order valence-corrected chi connectivity index (χ0v) is 13.1. The number of benzene rings is 1. The quantitative estimate of drug-likeness (QED) is 0.718. The maximum Gasteiger partial charge on any atom is 0.277 e. The molecule has 0 fully saturated rings. The van der Waals surface area contributed by atoms with Crippen molar-refractivity contribution in [2.45, 2.75) is 13.0 Å². The standard InChI is InChI=1S/C16H20N4O2/c1-19(2)7-4-8-20-10-17-14-12-9-11(22-3)5-6-13(12)18-15(14)16(20)21/h5-6,9-10,18H,4,7-8H2,1-3H3/p+1. The predicted octanol–water partition coefficient (Wildman–Crippen LogP) is 0.421. The zero-order valence-electron chi connectivity index (χ0n) is 13.1. The number of aromatic nitrogens is 3. The molecule has 1 aromatic carbocycles. The molecule has 0 aliphatic heterocycles. The minimum absolute atomic E-state index is 0.0195. The van der Waals surface area contributed by atoms with E-state index in [-0.39, 0.29) is 5.56 Å². The first-order chi connectivity index (χ1) is 10.6. The van der Waals surface area contributed by atoms with Crippen LogP contribution in [0.4, 0.5) is 0 Å². The second-order valence-electron chi connectivity index (χ2n) is 5.81. The number of rotatable bonds is 5. The van der Waals surface area contributed by atoms with Crippen LogP contribution in [0.2, 0.25) is 0 Å². The van der Waals surface area contributed by atoms with E-state index < -0.39 is 0 Å². The van der Waals surface area contributed by atoms with Crippen molar-refractivity contribution in [3.05, 3.63) is 34.9 Å². The van der Waals surface area contributed by atoms with Gasteiger partial charge in [-0.2, -0.15) is 0 Å². The van der Waals surface area contributed by atoms with Gasteiger partial charge in [0, 0.05) is 23.9 Å². The van der Waals surface area contributed by atoms with Gasteiger partial charge in [-0.15, -0.1) is 0 Å². The molecule has 0 aliphatic carbocycles. The van der Waals surface area contributed by atoms with Crippen molar-refractivity contribution in [3.63, 3.8) is 0 Å². The maximum absolute atomic E-state index is 12.6. The zero-order chi connectivity index (χ0) is 15.7. The highest BCUT2D eigenvalue weighted by molar-refractivity contribution is 6.04. The van der Waals surface area contributed by atoms with E-state index in [2.05, 4.69) is 24.1 Å². The summed E-state index contributed by atoms with van der Waals surface area (Å²) in [5.41, 5.74) is 2.14. The largest absolute Gasteiger partial charge is 0.497 e. The minimum atomic E-state index is -0.0195. The van der Waals surface area contributed by atoms with Crippen LogP contribution in [0.1, 0.15) is 6.42 Å². The van der Waals surface area contributed by atoms with Crippen LogP contribution >= 0.6 is 0 Å². The molecule has 6 heteroatoms. The van der Waals surface area contributed by atoms with Gasteiger partial charge in [-0.1, -0.05) is 0 Å². The Morgan fingerprint density at radius 1 is 1.36 bits per heavy atom. The first-order valence-electron chi connectivity index (χ1n) is 7.44. The molecule has 0 atom stereocenters. The third kappa shape index (κ3) is 2.57. The molecule has 0 spiro atoms. The molecule has 3 rings (SSSR count). The molecular weight excluding hydrogens is 280 g/mol. The Hall–Kier alpha value is -2.34. The first kappa shape index (κ1) is 14.6. The van der Waals surface area contributed by atoms with Crippen molar-refractivity contribution in [2.75, 3.05) is 27.7 Å². The Bertz CT molecular complexity index is 864. The Kier molecular flexibility index (Phi) is 3.85. The van der Waals surface area contributed by atoms with Gasteiger partial charge >= 0.3 is 0 Å². The summed E-state index contributed by atoms with van der Waals surface area (Å²) >= 11 is 0. The van der Waals surface area contributed by atoms with Gasteiger partial charge < -0.3 is 14.6 Å². The van der Waals surface area contributed by atoms with E-state index in [4.69, 9.17) is 4.74 Å². The highest BCUT2D eigenvalue weighted by Gasteiger charge is 2.11. The number of hydrogen-bond acceptors (Lipinski definition) is 3. The Morgan fingerprint density at radius 3 is 2.91 bits per heavy atom.